The van der Waals surface area contributed by atoms with Crippen LogP contribution in [0, 0.1) is 63.6 Å². The van der Waals surface area contributed by atoms with Crippen LogP contribution < -0.4 is 4.74 Å². The molecule has 1 aromatic rings. The summed E-state index contributed by atoms with van der Waals surface area (Å²) in [6.07, 6.45) is 16.4. The number of aryl methyl sites for hydroxylation is 1. The van der Waals surface area contributed by atoms with Crippen molar-refractivity contribution < 1.29 is 14.3 Å². The topological polar surface area (TPSA) is 35.5 Å². The molecule has 5 fully saturated rings. The van der Waals surface area contributed by atoms with E-state index in [9.17, 15) is 4.79 Å². The molecule has 0 N–H and O–H groups in total. The van der Waals surface area contributed by atoms with Gasteiger partial charge in [0.15, 0.2) is 0 Å². The van der Waals surface area contributed by atoms with Crippen LogP contribution in [0.3, 0.4) is 0 Å². The lowest BCUT2D eigenvalue weighted by molar-refractivity contribution is -0.248. The maximum atomic E-state index is 13.2. The Labute approximate surface area is 268 Å². The molecule has 0 saturated heterocycles. The summed E-state index contributed by atoms with van der Waals surface area (Å²) in [5.41, 5.74) is 4.98. The van der Waals surface area contributed by atoms with Gasteiger partial charge in [-0.2, -0.15) is 0 Å². The van der Waals surface area contributed by atoms with E-state index in [-0.39, 0.29) is 22.9 Å². The molecule has 0 heterocycles. The summed E-state index contributed by atoms with van der Waals surface area (Å²) in [6, 6.07) is 5.98. The van der Waals surface area contributed by atoms with Crippen LogP contribution in [0.4, 0.5) is 0 Å². The van der Waals surface area contributed by atoms with Crippen molar-refractivity contribution >= 4 is 12.0 Å². The number of carbonyl (C=O) groups is 1. The molecule has 10 atom stereocenters. The molecule has 3 heteroatoms. The van der Waals surface area contributed by atoms with E-state index in [1.807, 2.05) is 31.2 Å². The average Bonchev–Trinajstić information content (AvgIpc) is 3.32. The first-order chi connectivity index (χ1) is 20.6. The van der Waals surface area contributed by atoms with E-state index in [1.54, 1.807) is 13.2 Å². The van der Waals surface area contributed by atoms with E-state index in [0.29, 0.717) is 28.1 Å². The summed E-state index contributed by atoms with van der Waals surface area (Å²) in [7, 11) is 1.68. The van der Waals surface area contributed by atoms with Gasteiger partial charge in [-0.05, 0) is 159 Å². The first-order valence-corrected chi connectivity index (χ1v) is 17.8. The number of benzene rings is 1. The van der Waals surface area contributed by atoms with E-state index >= 15 is 0 Å². The van der Waals surface area contributed by atoms with Crippen molar-refractivity contribution in [1.29, 1.82) is 0 Å². The number of allylic oxidation sites excluding steroid dienone is 1. The fraction of sp³-hybridized carbons (Fsp3) is 0.732. The molecule has 5 aliphatic carbocycles. The first-order valence-electron chi connectivity index (χ1n) is 17.8. The van der Waals surface area contributed by atoms with Gasteiger partial charge in [0, 0.05) is 11.5 Å². The molecule has 0 amide bonds. The van der Waals surface area contributed by atoms with Gasteiger partial charge < -0.3 is 9.47 Å². The molecular formula is C41H60O3. The molecule has 242 valence electrons. The van der Waals surface area contributed by atoms with Gasteiger partial charge in [-0.3, -0.25) is 0 Å². The quantitative estimate of drug-likeness (QED) is 0.192. The van der Waals surface area contributed by atoms with Crippen molar-refractivity contribution in [2.45, 2.75) is 126 Å². The van der Waals surface area contributed by atoms with Crippen LogP contribution in [0.1, 0.15) is 124 Å². The molecule has 5 saturated carbocycles. The number of hydrogen-bond acceptors (Lipinski definition) is 3. The predicted molar refractivity (Wildman–Crippen MR) is 181 cm³/mol. The van der Waals surface area contributed by atoms with Crippen molar-refractivity contribution in [2.24, 2.45) is 56.7 Å². The number of methoxy groups -OCH3 is 1. The van der Waals surface area contributed by atoms with Gasteiger partial charge in [-0.15, -0.1) is 0 Å². The highest BCUT2D eigenvalue weighted by atomic mass is 16.5. The zero-order valence-electron chi connectivity index (χ0n) is 29.4. The molecule has 0 bridgehead atoms. The standard InChI is InChI=1S/C41H60O3/c1-26(2)29-17-20-38(6)23-24-40(8)30(36(29)38)13-15-33-39(7)21-19-34(37(4,5)32(39)18-22-41(33,40)9)44-35(42)16-12-28-11-14-31(43-10)27(3)25-28/h11-12,14,16,25,29-30,32-34,36H,1,13,15,17-24H2,2-10H3/b16-12+/t29-,30+,32-,33+,34-,36-,38+,39+,40+,41+/m0/s1. The SMILES string of the molecule is C=C(C)[C@@H]1CC[C@]2(C)CC[C@]3(C)[C@H](CC[C@@H]4[C@]5(C)CC[C@H](OC(=O)/C=C/c6ccc(OC)c(C)c6)C(C)(C)[C@@H]5CC[C@]43C)[C@H]12. The number of ether oxygens (including phenoxy) is 2. The number of hydrogen-bond donors (Lipinski definition) is 0. The lowest BCUT2D eigenvalue weighted by Crippen LogP contribution is -2.66. The molecule has 6 rings (SSSR count). The molecule has 44 heavy (non-hydrogen) atoms. The van der Waals surface area contributed by atoms with Gasteiger partial charge in [0.1, 0.15) is 11.9 Å². The third-order valence-corrected chi connectivity index (χ3v) is 15.5. The van der Waals surface area contributed by atoms with Gasteiger partial charge >= 0.3 is 5.97 Å². The number of carbonyl (C=O) groups excluding carboxylic acids is 1. The number of esters is 1. The van der Waals surface area contributed by atoms with Crippen molar-refractivity contribution in [1.82, 2.24) is 0 Å². The highest BCUT2D eigenvalue weighted by molar-refractivity contribution is 5.87. The molecule has 1 aromatic carbocycles. The van der Waals surface area contributed by atoms with Crippen molar-refractivity contribution in [3.8, 4) is 5.75 Å². The summed E-state index contributed by atoms with van der Waals surface area (Å²) in [6.45, 7) is 24.4. The number of fused-ring (bicyclic) bond motifs is 7. The molecule has 3 nitrogen and oxygen atoms in total. The Morgan fingerprint density at radius 1 is 0.886 bits per heavy atom. The smallest absolute Gasteiger partial charge is 0.331 e. The lowest BCUT2D eigenvalue weighted by Gasteiger charge is -2.73. The maximum absolute atomic E-state index is 13.2. The minimum atomic E-state index is -0.220. The molecular weight excluding hydrogens is 540 g/mol. The van der Waals surface area contributed by atoms with Gasteiger partial charge in [-0.25, -0.2) is 4.79 Å². The Kier molecular flexibility index (Phi) is 7.81. The van der Waals surface area contributed by atoms with E-state index < -0.39 is 0 Å². The normalized spacial score (nSPS) is 44.2. The summed E-state index contributed by atoms with van der Waals surface area (Å²) in [4.78, 5) is 13.2. The van der Waals surface area contributed by atoms with Crippen LogP contribution in [0.5, 0.6) is 5.75 Å². The Morgan fingerprint density at radius 2 is 1.64 bits per heavy atom. The van der Waals surface area contributed by atoms with Crippen LogP contribution in [0.2, 0.25) is 0 Å². The second-order valence-corrected chi connectivity index (χ2v) is 17.7. The summed E-state index contributed by atoms with van der Waals surface area (Å²) < 4.78 is 11.7. The molecule has 0 spiro atoms. The summed E-state index contributed by atoms with van der Waals surface area (Å²) in [5.74, 6) is 4.28. The van der Waals surface area contributed by atoms with E-state index in [0.717, 1.165) is 47.5 Å². The third kappa shape index (κ3) is 4.59. The lowest BCUT2D eigenvalue weighted by atomic mass is 9.32. The van der Waals surface area contributed by atoms with E-state index in [1.165, 1.54) is 56.9 Å². The van der Waals surface area contributed by atoms with Crippen LogP contribution >= 0.6 is 0 Å². The Hall–Kier alpha value is -2.03. The summed E-state index contributed by atoms with van der Waals surface area (Å²) in [5, 5.41) is 0. The highest BCUT2D eigenvalue weighted by Gasteiger charge is 2.70. The molecule has 0 radical (unpaired) electrons. The average molecular weight is 601 g/mol. The Bertz CT molecular complexity index is 1340. The van der Waals surface area contributed by atoms with Crippen LogP contribution in [0.15, 0.2) is 36.4 Å². The van der Waals surface area contributed by atoms with Crippen LogP contribution in [-0.4, -0.2) is 19.2 Å². The summed E-state index contributed by atoms with van der Waals surface area (Å²) >= 11 is 0. The zero-order valence-corrected chi connectivity index (χ0v) is 29.4. The zero-order chi connectivity index (χ0) is 31.9. The largest absolute Gasteiger partial charge is 0.496 e. The second kappa shape index (κ2) is 10.8. The highest BCUT2D eigenvalue weighted by Crippen LogP contribution is 2.77. The fourth-order valence-corrected chi connectivity index (χ4v) is 13.0. The fourth-order valence-electron chi connectivity index (χ4n) is 13.0. The predicted octanol–water partition coefficient (Wildman–Crippen LogP) is 10.6. The van der Waals surface area contributed by atoms with Gasteiger partial charge in [0.25, 0.3) is 0 Å². The second-order valence-electron chi connectivity index (χ2n) is 17.7. The van der Waals surface area contributed by atoms with Crippen LogP contribution in [0.25, 0.3) is 6.08 Å². The van der Waals surface area contributed by atoms with Crippen molar-refractivity contribution in [3.63, 3.8) is 0 Å². The minimum absolute atomic E-state index is 0.0446. The molecule has 0 aliphatic heterocycles. The van der Waals surface area contributed by atoms with E-state index in [4.69, 9.17) is 9.47 Å². The Balaban J connectivity index is 1.21. The van der Waals surface area contributed by atoms with E-state index in [2.05, 4.69) is 55.0 Å². The van der Waals surface area contributed by atoms with Crippen molar-refractivity contribution in [2.75, 3.05) is 7.11 Å². The van der Waals surface area contributed by atoms with Gasteiger partial charge in [0.05, 0.1) is 7.11 Å². The maximum Gasteiger partial charge on any atom is 0.331 e. The monoisotopic (exact) mass is 600 g/mol. The van der Waals surface area contributed by atoms with Gasteiger partial charge in [-0.1, -0.05) is 59.8 Å². The first kappa shape index (κ1) is 31.9. The number of rotatable bonds is 5. The third-order valence-electron chi connectivity index (χ3n) is 15.5. The molecule has 5 aliphatic rings. The molecule has 0 unspecified atom stereocenters. The molecule has 0 aromatic heterocycles. The van der Waals surface area contributed by atoms with Crippen molar-refractivity contribution in [3.05, 3.63) is 47.6 Å². The Morgan fingerprint density at radius 3 is 2.32 bits per heavy atom. The van der Waals surface area contributed by atoms with Gasteiger partial charge in [0.2, 0.25) is 0 Å². The van der Waals surface area contributed by atoms with Crippen LogP contribution in [-0.2, 0) is 9.53 Å². The minimum Gasteiger partial charge on any atom is -0.496 e.